The summed E-state index contributed by atoms with van der Waals surface area (Å²) < 4.78 is 61.7. The quantitative estimate of drug-likeness (QED) is 0.476. The zero-order chi connectivity index (χ0) is 11.6. The molecule has 0 radical (unpaired) electrons. The topological polar surface area (TPSA) is 46.5 Å². The summed E-state index contributed by atoms with van der Waals surface area (Å²) in [6.45, 7) is 2.50. The smallest absolute Gasteiger partial charge is 0.327 e. The van der Waals surface area contributed by atoms with Crippen molar-refractivity contribution < 1.29 is 31.0 Å². The molecule has 1 N–H and O–H groups in total. The lowest BCUT2D eigenvalue weighted by Gasteiger charge is -2.22. The van der Waals surface area contributed by atoms with Crippen molar-refractivity contribution >= 4 is 16.2 Å². The summed E-state index contributed by atoms with van der Waals surface area (Å²) in [7, 11) is -8.23. The van der Waals surface area contributed by atoms with Crippen molar-refractivity contribution in [3.05, 3.63) is 0 Å². The standard InChI is InChI=1S/C5H11F4O3PSi/c1-14(2,12-13(9,10)11)4-3-5(6,7)8/h3-4H2,1-2H3,(H,10,11). The molecule has 0 aromatic heterocycles. The van der Waals surface area contributed by atoms with Gasteiger partial charge in [0, 0.05) is 6.42 Å². The van der Waals surface area contributed by atoms with E-state index in [1.54, 1.807) is 0 Å². The third-order valence-corrected chi connectivity index (χ3v) is 5.70. The minimum absolute atomic E-state index is 0.440. The SMILES string of the molecule is C[Si](C)(CCC(F)(F)F)OP(=O)(O)F. The fraction of sp³-hybridized carbons (Fsp3) is 1.00. The largest absolute Gasteiger partial charge is 0.500 e. The van der Waals surface area contributed by atoms with Crippen LogP contribution in [0.15, 0.2) is 0 Å². The highest BCUT2D eigenvalue weighted by Crippen LogP contribution is 2.47. The third kappa shape index (κ3) is 8.67. The Kier molecular flexibility index (Phi) is 4.33. The van der Waals surface area contributed by atoms with Crippen LogP contribution in [0.3, 0.4) is 0 Å². The summed E-state index contributed by atoms with van der Waals surface area (Å²) in [4.78, 5) is 8.20. The van der Waals surface area contributed by atoms with Crippen LogP contribution in [0.1, 0.15) is 6.42 Å². The maximum Gasteiger partial charge on any atom is 0.500 e. The van der Waals surface area contributed by atoms with Crippen molar-refractivity contribution in [1.29, 1.82) is 0 Å². The monoisotopic (exact) mass is 254 g/mol. The Hall–Kier alpha value is 0.0869. The van der Waals surface area contributed by atoms with Gasteiger partial charge in [-0.05, 0) is 19.1 Å². The van der Waals surface area contributed by atoms with Gasteiger partial charge >= 0.3 is 14.1 Å². The van der Waals surface area contributed by atoms with Crippen LogP contribution in [0.5, 0.6) is 0 Å². The first-order chi connectivity index (χ1) is 5.91. The van der Waals surface area contributed by atoms with Gasteiger partial charge in [0.25, 0.3) is 0 Å². The molecule has 0 heterocycles. The molecule has 0 aliphatic carbocycles. The zero-order valence-electron chi connectivity index (χ0n) is 7.64. The highest BCUT2D eigenvalue weighted by Gasteiger charge is 2.37. The van der Waals surface area contributed by atoms with Gasteiger partial charge in [0.1, 0.15) is 0 Å². The molecule has 1 unspecified atom stereocenters. The highest BCUT2D eigenvalue weighted by molar-refractivity contribution is 7.48. The number of halogens is 4. The Morgan fingerprint density at radius 3 is 2.14 bits per heavy atom. The minimum atomic E-state index is -5.17. The Balaban J connectivity index is 4.16. The van der Waals surface area contributed by atoms with Gasteiger partial charge in [-0.2, -0.15) is 13.2 Å². The van der Waals surface area contributed by atoms with Crippen molar-refractivity contribution in [2.75, 3.05) is 0 Å². The van der Waals surface area contributed by atoms with Gasteiger partial charge in [0.05, 0.1) is 0 Å². The number of hydrogen-bond donors (Lipinski definition) is 1. The van der Waals surface area contributed by atoms with E-state index < -0.39 is 34.9 Å². The predicted molar refractivity (Wildman–Crippen MR) is 45.0 cm³/mol. The van der Waals surface area contributed by atoms with Crippen LogP contribution in [0.2, 0.25) is 19.1 Å². The van der Waals surface area contributed by atoms with Crippen molar-refractivity contribution in [2.24, 2.45) is 0 Å². The number of hydrogen-bond acceptors (Lipinski definition) is 2. The summed E-state index contributed by atoms with van der Waals surface area (Å²) in [5.41, 5.74) is 0. The molecular weight excluding hydrogens is 243 g/mol. The highest BCUT2D eigenvalue weighted by atomic mass is 31.2. The summed E-state index contributed by atoms with van der Waals surface area (Å²) in [5.74, 6) is 0. The van der Waals surface area contributed by atoms with Crippen molar-refractivity contribution in [2.45, 2.75) is 31.7 Å². The molecule has 14 heavy (non-hydrogen) atoms. The van der Waals surface area contributed by atoms with Crippen LogP contribution >= 0.6 is 7.91 Å². The summed E-state index contributed by atoms with van der Waals surface area (Å²) in [5, 5.41) is 0. The normalized spacial score (nSPS) is 17.9. The Bertz CT molecular complexity index is 236. The lowest BCUT2D eigenvalue weighted by atomic mass is 10.5. The van der Waals surface area contributed by atoms with Gasteiger partial charge in [0.2, 0.25) is 8.32 Å². The average molecular weight is 254 g/mol. The molecule has 0 aliphatic heterocycles. The van der Waals surface area contributed by atoms with E-state index >= 15 is 0 Å². The van der Waals surface area contributed by atoms with Gasteiger partial charge in [-0.1, -0.05) is 0 Å². The van der Waals surface area contributed by atoms with E-state index in [1.807, 2.05) is 0 Å². The number of rotatable bonds is 4. The molecule has 0 bridgehead atoms. The van der Waals surface area contributed by atoms with Gasteiger partial charge < -0.3 is 4.21 Å². The first-order valence-corrected chi connectivity index (χ1v) is 8.30. The molecule has 9 heteroatoms. The second kappa shape index (κ2) is 4.30. The van der Waals surface area contributed by atoms with Gasteiger partial charge in [-0.25, -0.2) is 4.57 Å². The number of alkyl halides is 3. The molecule has 0 aliphatic rings. The molecule has 86 valence electrons. The molecule has 0 saturated carbocycles. The fourth-order valence-electron chi connectivity index (χ4n) is 0.793. The van der Waals surface area contributed by atoms with Crippen LogP contribution in [0, 0.1) is 0 Å². The summed E-state index contributed by atoms with van der Waals surface area (Å²) in [6.07, 6.45) is -5.49. The zero-order valence-corrected chi connectivity index (χ0v) is 9.53. The molecule has 0 amide bonds. The van der Waals surface area contributed by atoms with Crippen LogP contribution in [0.25, 0.3) is 0 Å². The lowest BCUT2D eigenvalue weighted by molar-refractivity contribution is -0.131. The molecule has 0 rings (SSSR count). The lowest BCUT2D eigenvalue weighted by Crippen LogP contribution is -2.30. The van der Waals surface area contributed by atoms with E-state index in [4.69, 9.17) is 4.89 Å². The molecule has 0 aromatic rings. The van der Waals surface area contributed by atoms with Crippen LogP contribution < -0.4 is 0 Å². The van der Waals surface area contributed by atoms with Gasteiger partial charge in [-0.3, -0.25) is 4.89 Å². The second-order valence-corrected chi connectivity index (χ2v) is 9.07. The van der Waals surface area contributed by atoms with Gasteiger partial charge in [-0.15, -0.1) is 4.20 Å². The van der Waals surface area contributed by atoms with Gasteiger partial charge in [0.15, 0.2) is 0 Å². The first-order valence-electron chi connectivity index (χ1n) is 3.71. The summed E-state index contributed by atoms with van der Waals surface area (Å²) in [6, 6.07) is -0.440. The molecule has 1 atom stereocenters. The maximum absolute atomic E-state index is 12.1. The summed E-state index contributed by atoms with van der Waals surface area (Å²) >= 11 is 0. The van der Waals surface area contributed by atoms with E-state index in [-0.39, 0.29) is 0 Å². The molecule has 0 fully saturated rings. The van der Waals surface area contributed by atoms with Crippen LogP contribution in [0.4, 0.5) is 17.4 Å². The van der Waals surface area contributed by atoms with Crippen molar-refractivity contribution in [3.8, 4) is 0 Å². The van der Waals surface area contributed by atoms with E-state index in [9.17, 15) is 21.9 Å². The second-order valence-electron chi connectivity index (χ2n) is 3.42. The van der Waals surface area contributed by atoms with Crippen molar-refractivity contribution in [1.82, 2.24) is 0 Å². The Morgan fingerprint density at radius 2 is 1.86 bits per heavy atom. The average Bonchev–Trinajstić information content (AvgIpc) is 1.76. The minimum Gasteiger partial charge on any atom is -0.327 e. The van der Waals surface area contributed by atoms with Crippen LogP contribution in [-0.2, 0) is 8.78 Å². The molecule has 0 spiro atoms. The first kappa shape index (κ1) is 14.1. The molecular formula is C5H11F4O3PSi. The Labute approximate surface area is 79.9 Å². The van der Waals surface area contributed by atoms with E-state index in [0.717, 1.165) is 0 Å². The fourth-order valence-corrected chi connectivity index (χ4v) is 4.48. The van der Waals surface area contributed by atoms with Crippen LogP contribution in [-0.4, -0.2) is 19.4 Å². The van der Waals surface area contributed by atoms with E-state index in [0.29, 0.717) is 0 Å². The molecule has 0 aromatic carbocycles. The molecule has 0 saturated heterocycles. The molecule has 3 nitrogen and oxygen atoms in total. The third-order valence-electron chi connectivity index (χ3n) is 1.37. The Morgan fingerprint density at radius 1 is 1.43 bits per heavy atom. The maximum atomic E-state index is 12.1. The van der Waals surface area contributed by atoms with E-state index in [2.05, 4.69) is 4.21 Å². The van der Waals surface area contributed by atoms with Crippen molar-refractivity contribution in [3.63, 3.8) is 0 Å². The predicted octanol–water partition coefficient (Wildman–Crippen LogP) is 3.23. The van der Waals surface area contributed by atoms with E-state index in [1.165, 1.54) is 13.1 Å².